The quantitative estimate of drug-likeness (QED) is 0.760. The lowest BCUT2D eigenvalue weighted by Crippen LogP contribution is -2.24. The third-order valence-corrected chi connectivity index (χ3v) is 4.76. The number of hydrogen-bond donors (Lipinski definition) is 0. The van der Waals surface area contributed by atoms with Crippen LogP contribution < -0.4 is 0 Å². The molecule has 0 aromatic carbocycles. The summed E-state index contributed by atoms with van der Waals surface area (Å²) < 4.78 is 17.0. The molecule has 1 aromatic heterocycles. The monoisotopic (exact) mass is 240 g/mol. The van der Waals surface area contributed by atoms with Crippen LogP contribution in [-0.2, 0) is 10.8 Å². The highest BCUT2D eigenvalue weighted by atomic mass is 32.2. The maximum atomic E-state index is 12.0. The van der Waals surface area contributed by atoms with Gasteiger partial charge in [-0.2, -0.15) is 0 Å². The van der Waals surface area contributed by atoms with E-state index >= 15 is 0 Å². The average Bonchev–Trinajstić information content (AvgIpc) is 2.83. The molecule has 0 bridgehead atoms. The summed E-state index contributed by atoms with van der Waals surface area (Å²) in [4.78, 5) is 11.7. The van der Waals surface area contributed by atoms with Crippen LogP contribution in [0.15, 0.2) is 22.8 Å². The first-order valence-electron chi connectivity index (χ1n) is 5.71. The molecular formula is C12H16O3S. The van der Waals surface area contributed by atoms with Gasteiger partial charge in [0.25, 0.3) is 0 Å². The van der Waals surface area contributed by atoms with Crippen LogP contribution in [0.25, 0.3) is 0 Å². The lowest BCUT2D eigenvalue weighted by Gasteiger charge is -2.20. The Morgan fingerprint density at radius 1 is 1.38 bits per heavy atom. The predicted octanol–water partition coefficient (Wildman–Crippen LogP) is 2.54. The normalized spacial score (nSPS) is 19.5. The molecule has 1 unspecified atom stereocenters. The van der Waals surface area contributed by atoms with Crippen LogP contribution in [0, 0.1) is 0 Å². The minimum Gasteiger partial charge on any atom is -0.461 e. The maximum absolute atomic E-state index is 12.0. The molecule has 4 heteroatoms. The average molecular weight is 240 g/mol. The summed E-state index contributed by atoms with van der Waals surface area (Å²) in [6.45, 7) is 0. The Bertz CT molecular complexity index is 364. The smallest absolute Gasteiger partial charge is 0.210 e. The molecule has 1 aromatic rings. The van der Waals surface area contributed by atoms with Crippen molar-refractivity contribution in [2.75, 3.05) is 5.75 Å². The molecule has 0 amide bonds. The van der Waals surface area contributed by atoms with Crippen LogP contribution >= 0.6 is 0 Å². The van der Waals surface area contributed by atoms with Crippen LogP contribution in [0.5, 0.6) is 0 Å². The van der Waals surface area contributed by atoms with E-state index in [1.807, 2.05) is 0 Å². The van der Waals surface area contributed by atoms with Crippen molar-refractivity contribution < 1.29 is 13.4 Å². The lowest BCUT2D eigenvalue weighted by molar-refractivity contribution is 0.0991. The molecule has 2 rings (SSSR count). The topological polar surface area (TPSA) is 47.3 Å². The van der Waals surface area contributed by atoms with Crippen LogP contribution in [0.3, 0.4) is 0 Å². The van der Waals surface area contributed by atoms with Gasteiger partial charge in [-0.05, 0) is 25.0 Å². The molecule has 1 atom stereocenters. The molecule has 1 aliphatic rings. The third kappa shape index (κ3) is 2.82. The molecule has 1 aliphatic carbocycles. The van der Waals surface area contributed by atoms with E-state index in [0.717, 1.165) is 25.7 Å². The van der Waals surface area contributed by atoms with Gasteiger partial charge in [0, 0.05) is 16.0 Å². The van der Waals surface area contributed by atoms with Crippen molar-refractivity contribution in [3.8, 4) is 0 Å². The Morgan fingerprint density at radius 2 is 2.12 bits per heavy atom. The van der Waals surface area contributed by atoms with Crippen molar-refractivity contribution in [1.82, 2.24) is 0 Å². The van der Waals surface area contributed by atoms with Gasteiger partial charge in [-0.15, -0.1) is 0 Å². The number of ketones is 1. The van der Waals surface area contributed by atoms with E-state index in [1.165, 1.54) is 12.7 Å². The number of carbonyl (C=O) groups is 1. The molecule has 0 spiro atoms. The van der Waals surface area contributed by atoms with E-state index in [1.54, 1.807) is 12.1 Å². The molecule has 0 N–H and O–H groups in total. The third-order valence-electron chi connectivity index (χ3n) is 2.99. The van der Waals surface area contributed by atoms with Gasteiger partial charge < -0.3 is 4.42 Å². The highest BCUT2D eigenvalue weighted by Crippen LogP contribution is 2.22. The van der Waals surface area contributed by atoms with Gasteiger partial charge in [-0.25, -0.2) is 0 Å². The number of furan rings is 1. The van der Waals surface area contributed by atoms with Crippen molar-refractivity contribution in [1.29, 1.82) is 0 Å². The van der Waals surface area contributed by atoms with E-state index in [0.29, 0.717) is 5.76 Å². The zero-order chi connectivity index (χ0) is 11.4. The summed E-state index contributed by atoms with van der Waals surface area (Å²) in [5, 5.41) is 0.215. The minimum atomic E-state index is -1.03. The first-order chi connectivity index (χ1) is 7.77. The van der Waals surface area contributed by atoms with Gasteiger partial charge in [-0.1, -0.05) is 19.3 Å². The van der Waals surface area contributed by atoms with E-state index in [-0.39, 0.29) is 16.8 Å². The molecule has 88 valence electrons. The highest BCUT2D eigenvalue weighted by Gasteiger charge is 2.22. The SMILES string of the molecule is O=C(CS(=O)C1CCCCC1)c1ccco1. The Hall–Kier alpha value is -0.900. The summed E-state index contributed by atoms with van der Waals surface area (Å²) in [5.41, 5.74) is 0. The zero-order valence-electron chi connectivity index (χ0n) is 9.19. The van der Waals surface area contributed by atoms with Crippen LogP contribution in [-0.4, -0.2) is 21.0 Å². The van der Waals surface area contributed by atoms with Crippen molar-refractivity contribution >= 4 is 16.6 Å². The van der Waals surface area contributed by atoms with Crippen molar-refractivity contribution in [3.05, 3.63) is 24.2 Å². The first-order valence-corrected chi connectivity index (χ1v) is 7.09. The highest BCUT2D eigenvalue weighted by molar-refractivity contribution is 7.86. The molecule has 1 fully saturated rings. The molecule has 3 nitrogen and oxygen atoms in total. The fourth-order valence-corrected chi connectivity index (χ4v) is 3.58. The Kier molecular flexibility index (Phi) is 3.93. The molecule has 0 radical (unpaired) electrons. The summed E-state index contributed by atoms with van der Waals surface area (Å²) in [6, 6.07) is 3.30. The minimum absolute atomic E-state index is 0.109. The Balaban J connectivity index is 1.89. The predicted molar refractivity (Wildman–Crippen MR) is 62.9 cm³/mol. The second kappa shape index (κ2) is 5.43. The number of Topliss-reactive ketones (excluding diaryl/α,β-unsaturated/α-hetero) is 1. The van der Waals surface area contributed by atoms with E-state index in [2.05, 4.69) is 0 Å². The number of carbonyl (C=O) groups excluding carboxylic acids is 1. The van der Waals surface area contributed by atoms with Gasteiger partial charge >= 0.3 is 0 Å². The fourth-order valence-electron chi connectivity index (χ4n) is 2.08. The van der Waals surface area contributed by atoms with Gasteiger partial charge in [-0.3, -0.25) is 9.00 Å². The molecule has 1 saturated carbocycles. The molecular weight excluding hydrogens is 224 g/mol. The first kappa shape index (κ1) is 11.6. The summed E-state index contributed by atoms with van der Waals surface area (Å²) in [5.74, 6) is 0.288. The van der Waals surface area contributed by atoms with E-state index < -0.39 is 10.8 Å². The van der Waals surface area contributed by atoms with Crippen molar-refractivity contribution in [2.45, 2.75) is 37.4 Å². The van der Waals surface area contributed by atoms with Gasteiger partial charge in [0.15, 0.2) is 5.76 Å². The molecule has 16 heavy (non-hydrogen) atoms. The van der Waals surface area contributed by atoms with Crippen LogP contribution in [0.4, 0.5) is 0 Å². The maximum Gasteiger partial charge on any atom is 0.210 e. The fraction of sp³-hybridized carbons (Fsp3) is 0.583. The van der Waals surface area contributed by atoms with Gasteiger partial charge in [0.1, 0.15) is 0 Å². The Labute approximate surface area is 97.7 Å². The zero-order valence-corrected chi connectivity index (χ0v) is 10.0. The van der Waals surface area contributed by atoms with Crippen LogP contribution in [0.1, 0.15) is 42.7 Å². The van der Waals surface area contributed by atoms with Crippen molar-refractivity contribution in [2.24, 2.45) is 0 Å². The molecule has 0 aliphatic heterocycles. The lowest BCUT2D eigenvalue weighted by atomic mass is 10.0. The van der Waals surface area contributed by atoms with E-state index in [4.69, 9.17) is 4.42 Å². The largest absolute Gasteiger partial charge is 0.461 e. The second-order valence-corrected chi connectivity index (χ2v) is 5.90. The summed E-state index contributed by atoms with van der Waals surface area (Å²) in [7, 11) is -1.03. The number of hydrogen-bond acceptors (Lipinski definition) is 3. The Morgan fingerprint density at radius 3 is 2.75 bits per heavy atom. The summed E-state index contributed by atoms with van der Waals surface area (Å²) >= 11 is 0. The molecule has 0 saturated heterocycles. The standard InChI is InChI=1S/C12H16O3S/c13-11(12-7-4-8-15-12)9-16(14)10-5-2-1-3-6-10/h4,7-8,10H,1-3,5-6,9H2. The molecule has 1 heterocycles. The summed E-state index contributed by atoms with van der Waals surface area (Å²) in [6.07, 6.45) is 6.99. The second-order valence-electron chi connectivity index (χ2n) is 4.19. The number of rotatable bonds is 4. The van der Waals surface area contributed by atoms with Gasteiger partial charge in [0.2, 0.25) is 5.78 Å². The van der Waals surface area contributed by atoms with Gasteiger partial charge in [0.05, 0.1) is 12.0 Å². The van der Waals surface area contributed by atoms with Crippen molar-refractivity contribution in [3.63, 3.8) is 0 Å². The van der Waals surface area contributed by atoms with E-state index in [9.17, 15) is 9.00 Å². The van der Waals surface area contributed by atoms with Crippen LogP contribution in [0.2, 0.25) is 0 Å².